The summed E-state index contributed by atoms with van der Waals surface area (Å²) >= 11 is 0. The highest BCUT2D eigenvalue weighted by Gasteiger charge is 2.52. The van der Waals surface area contributed by atoms with Crippen molar-refractivity contribution in [2.75, 3.05) is 0 Å². The number of allylic oxidation sites excluding steroid dienone is 12. The van der Waals surface area contributed by atoms with Crippen LogP contribution in [0.15, 0.2) is 72.9 Å². The molecule has 0 saturated heterocycles. The molecule has 4 aromatic rings. The van der Waals surface area contributed by atoms with Crippen molar-refractivity contribution in [1.82, 2.24) is 0 Å². The molecule has 139 heavy (non-hydrogen) atoms. The highest BCUT2D eigenvalue weighted by Crippen LogP contribution is 2.60. The van der Waals surface area contributed by atoms with Gasteiger partial charge in [0, 0.05) is 36.0 Å². The van der Waals surface area contributed by atoms with Gasteiger partial charge in [-0.05, 0) is 600 Å². The van der Waals surface area contributed by atoms with E-state index in [0.29, 0.717) is 117 Å². The molecule has 20 unspecified atom stereocenters. The number of hydrogen-bond acceptors (Lipinski definition) is 3. The fourth-order valence-corrected chi connectivity index (χ4v) is 31.0. The van der Waals surface area contributed by atoms with Crippen LogP contribution in [0.1, 0.15) is 421 Å². The summed E-state index contributed by atoms with van der Waals surface area (Å²) in [5.74, 6) is 33.3. The smallest absolute Gasteiger partial charge is 0.184 e. The van der Waals surface area contributed by atoms with Crippen LogP contribution in [0, 0.1) is 285 Å². The van der Waals surface area contributed by atoms with E-state index in [0.717, 1.165) is 96.6 Å². The number of aryl methyl sites for hydroxylation is 1. The molecular weight excluding hydrogens is 1680 g/mol. The van der Waals surface area contributed by atoms with Gasteiger partial charge in [0.2, 0.25) is 0 Å². The van der Waals surface area contributed by atoms with Crippen LogP contribution in [0.2, 0.25) is 0 Å². The van der Waals surface area contributed by atoms with E-state index in [1.165, 1.54) is 169 Å². The van der Waals surface area contributed by atoms with Crippen LogP contribution in [0.5, 0.6) is 0 Å². The Labute approximate surface area is 856 Å². The maximum atomic E-state index is 12.9. The monoisotopic (exact) mass is 1880 g/mol. The summed E-state index contributed by atoms with van der Waals surface area (Å²) in [6.07, 6.45) is 19.2. The van der Waals surface area contributed by atoms with Gasteiger partial charge in [-0.2, -0.15) is 0 Å². The van der Waals surface area contributed by atoms with E-state index in [-0.39, 0.29) is 33.6 Å². The molecular formula is C136H202O3. The Morgan fingerprint density at radius 2 is 0.468 bits per heavy atom. The van der Waals surface area contributed by atoms with E-state index in [4.69, 9.17) is 0 Å². The Balaban J connectivity index is 0.000000247. The fourth-order valence-electron chi connectivity index (χ4n) is 31.0. The predicted octanol–water partition coefficient (Wildman–Crippen LogP) is 35.8. The molecule has 3 nitrogen and oxygen atoms in total. The van der Waals surface area contributed by atoms with Crippen molar-refractivity contribution < 1.29 is 14.4 Å². The van der Waals surface area contributed by atoms with E-state index in [1.54, 1.807) is 50.1 Å². The largest absolute Gasteiger partial charge is 0.289 e. The van der Waals surface area contributed by atoms with Crippen LogP contribution < -0.4 is 0 Å². The van der Waals surface area contributed by atoms with Crippen LogP contribution >= 0.6 is 0 Å². The zero-order chi connectivity index (χ0) is 105. The van der Waals surface area contributed by atoms with Crippen molar-refractivity contribution in [3.8, 4) is 35.5 Å². The molecule has 8 aliphatic carbocycles. The number of carbonyl (C=O) groups is 3. The number of rotatable bonds is 21. The molecule has 0 N–H and O–H groups in total. The first-order valence-electron chi connectivity index (χ1n) is 55.7. The predicted molar refractivity (Wildman–Crippen MR) is 603 cm³/mol. The summed E-state index contributed by atoms with van der Waals surface area (Å²) in [6.45, 7) is 115. The molecule has 8 aliphatic rings. The van der Waals surface area contributed by atoms with Gasteiger partial charge in [0.05, 0.1) is 0 Å². The zero-order valence-electron chi connectivity index (χ0n) is 98.9. The van der Waals surface area contributed by atoms with E-state index in [1.807, 2.05) is 62.3 Å². The SMILES string of the molecule is CC.CC#CCC1CC(C)(C)C(Cc2c(C)c(C)c(CC3CC(C)(C)C(CC4=C(C)C(=O)C(C)=C4C)C(C)C3C)c(C)c2C)C(C)C1C.CC#CCc1c(C)c(C)c(CC2C(C)C(C)C(CC#CC)CC2(C)C)c(C)c1C.CC1=C(C)C(Cc2c(C)cc(CC3CC(C)(C)C(Cc4c(C)c(C)c(CC5CC(C)(C)C(CC6=C(C)C(=O)C(C)=C6C)C(C)C5C)c(C)c4C)C(C)C3C)c(C)c2C)=C(C)C1=O. The first-order chi connectivity index (χ1) is 64.5. The summed E-state index contributed by atoms with van der Waals surface area (Å²) in [5, 5.41) is 0. The lowest BCUT2D eigenvalue weighted by Crippen LogP contribution is -2.44. The minimum Gasteiger partial charge on any atom is -0.289 e. The van der Waals surface area contributed by atoms with Gasteiger partial charge in [0.25, 0.3) is 0 Å². The van der Waals surface area contributed by atoms with Gasteiger partial charge in [-0.15, -0.1) is 29.6 Å². The third-order valence-electron chi connectivity index (χ3n) is 43.0. The summed E-state index contributed by atoms with van der Waals surface area (Å²) in [4.78, 5) is 38.5. The first-order valence-corrected chi connectivity index (χ1v) is 55.7. The molecule has 764 valence electrons. The van der Waals surface area contributed by atoms with Gasteiger partial charge >= 0.3 is 0 Å². The molecule has 0 radical (unpaired) electrons. The second-order valence-corrected chi connectivity index (χ2v) is 51.6. The number of benzene rings is 4. The van der Waals surface area contributed by atoms with Crippen LogP contribution in [-0.4, -0.2) is 17.3 Å². The number of ketones is 3. The van der Waals surface area contributed by atoms with Gasteiger partial charge in [0.15, 0.2) is 17.3 Å². The van der Waals surface area contributed by atoms with Crippen LogP contribution in [0.3, 0.4) is 0 Å². The van der Waals surface area contributed by atoms with Crippen molar-refractivity contribution in [3.05, 3.63) is 201 Å². The molecule has 20 atom stereocenters. The van der Waals surface area contributed by atoms with Crippen molar-refractivity contribution in [3.63, 3.8) is 0 Å². The molecule has 0 aromatic heterocycles. The average Bonchev–Trinajstić information content (AvgIpc) is 1.72. The van der Waals surface area contributed by atoms with Gasteiger partial charge in [0.1, 0.15) is 0 Å². The summed E-state index contributed by atoms with van der Waals surface area (Å²) in [7, 11) is 0. The zero-order valence-corrected chi connectivity index (χ0v) is 98.9. The van der Waals surface area contributed by atoms with Crippen LogP contribution in [0.25, 0.3) is 0 Å². The van der Waals surface area contributed by atoms with Crippen LogP contribution in [-0.2, 0) is 65.8 Å². The highest BCUT2D eigenvalue weighted by molar-refractivity contribution is 6.13. The quantitative estimate of drug-likeness (QED) is 0.0781. The Morgan fingerprint density at radius 1 is 0.245 bits per heavy atom. The molecule has 4 aromatic carbocycles. The van der Waals surface area contributed by atoms with Crippen molar-refractivity contribution in [1.29, 1.82) is 0 Å². The third kappa shape index (κ3) is 23.0. The fraction of sp³-hybridized carbons (Fsp3) is 0.669. The summed E-state index contributed by atoms with van der Waals surface area (Å²) < 4.78 is 0. The van der Waals surface area contributed by atoms with Crippen molar-refractivity contribution in [2.45, 2.75) is 448 Å². The molecule has 3 heteroatoms. The molecule has 0 heterocycles. The maximum Gasteiger partial charge on any atom is 0.184 e. The lowest BCUT2D eigenvalue weighted by Gasteiger charge is -2.51. The lowest BCUT2D eigenvalue weighted by atomic mass is 9.54. The van der Waals surface area contributed by atoms with Crippen molar-refractivity contribution in [2.24, 2.45) is 145 Å². The Hall–Kier alpha value is -6.99. The van der Waals surface area contributed by atoms with Gasteiger partial charge < -0.3 is 0 Å². The van der Waals surface area contributed by atoms with Gasteiger partial charge in [-0.25, -0.2) is 0 Å². The molecule has 0 amide bonds. The molecule has 0 aliphatic heterocycles. The van der Waals surface area contributed by atoms with Gasteiger partial charge in [-0.3, -0.25) is 14.4 Å². The number of hydrogen-bond donors (Lipinski definition) is 0. The first kappa shape index (κ1) is 116. The second-order valence-electron chi connectivity index (χ2n) is 51.6. The minimum atomic E-state index is 0.206. The molecule has 0 bridgehead atoms. The van der Waals surface area contributed by atoms with E-state index in [9.17, 15) is 14.4 Å². The number of carbonyl (C=O) groups excluding carboxylic acids is 3. The maximum absolute atomic E-state index is 12.9. The molecule has 0 spiro atoms. The third-order valence-corrected chi connectivity index (χ3v) is 43.0. The normalized spacial score (nSPS) is 29.1. The summed E-state index contributed by atoms with van der Waals surface area (Å²) in [6, 6.07) is 2.50. The lowest BCUT2D eigenvalue weighted by molar-refractivity contribution is -0.112. The Morgan fingerprint density at radius 3 is 0.727 bits per heavy atom. The van der Waals surface area contributed by atoms with E-state index < -0.39 is 0 Å². The van der Waals surface area contributed by atoms with Gasteiger partial charge in [-0.1, -0.05) is 164 Å². The topological polar surface area (TPSA) is 51.2 Å². The average molecular weight is 1890 g/mol. The number of Topliss-reactive ketones (excluding diaryl/α,β-unsaturated/α-hetero) is 3. The Kier molecular flexibility index (Phi) is 37.7. The second kappa shape index (κ2) is 45.3. The van der Waals surface area contributed by atoms with E-state index >= 15 is 0 Å². The molecule has 5 saturated carbocycles. The summed E-state index contributed by atoms with van der Waals surface area (Å²) in [5.41, 5.74) is 49.5. The molecule has 5 fully saturated rings. The van der Waals surface area contributed by atoms with Crippen molar-refractivity contribution >= 4 is 17.3 Å². The Bertz CT molecular complexity index is 5640. The highest BCUT2D eigenvalue weighted by atomic mass is 16.1. The van der Waals surface area contributed by atoms with Crippen LogP contribution in [0.4, 0.5) is 0 Å². The molecule has 12 rings (SSSR count). The standard InChI is InChI=1S/C60H86O2.C45H68O.C29H42.C2H6/c1-30-22-47(31(2)34(5)50(30)25-52-39(10)43(14)57(61)45(52)16)23-48-28-59(18,19)55(41(12)32(48)3)26-53-37(8)35(6)51(36(7)38(53)9)24-49-29-60(20,21)56(42(13)33(49)4)27-54-40(11)44(15)58(62)46(54)17;1-17-18-19-36-23-44(13,14)41(32(9)25(36)2)21-39-29(6)27(4)38(28(5)30(39)7)20-37-24-45(15,16)42(33(10)26(37)3)22-40-31(8)34(11)43(46)35(40)12;1-11-13-15-25-18-29(9,10)28(24(8)19(25)3)17-27-22(6)20(4)26(16-14-12-2)21(5)23(27)7;1-2/h22,32-33,41-42,48-49,55-56H,23-29H2,1-21H3;25-26,32-33,36-37,41-42H,19-24H2,1-16H3;19,24-25,28H,15-18H2,1-10H3;1-2H3. The minimum absolute atomic E-state index is 0.206. The van der Waals surface area contributed by atoms with E-state index in [2.05, 4.69) is 319 Å².